The molecule has 130 valence electrons. The second kappa shape index (κ2) is 6.26. The molecule has 0 unspecified atom stereocenters. The maximum absolute atomic E-state index is 14.3. The highest BCUT2D eigenvalue weighted by atomic mass is 19.1. The topological polar surface area (TPSA) is 51.2 Å². The fourth-order valence-electron chi connectivity index (χ4n) is 3.29. The first-order valence-corrected chi connectivity index (χ1v) is 8.34. The molecule has 2 aromatic carbocycles. The first-order chi connectivity index (χ1) is 12.6. The Bertz CT molecular complexity index is 961. The lowest BCUT2D eigenvalue weighted by atomic mass is 9.86. The molecule has 5 heteroatoms. The number of cyclic esters (lactones) is 1. The summed E-state index contributed by atoms with van der Waals surface area (Å²) in [4.78, 5) is 16.7. The summed E-state index contributed by atoms with van der Waals surface area (Å²) in [6.45, 7) is 1.80. The van der Waals surface area contributed by atoms with Crippen LogP contribution in [-0.2, 0) is 10.3 Å². The van der Waals surface area contributed by atoms with Gasteiger partial charge in [-0.05, 0) is 25.1 Å². The van der Waals surface area contributed by atoms with Crippen molar-refractivity contribution in [2.24, 2.45) is 0 Å². The lowest BCUT2D eigenvalue weighted by Gasteiger charge is -2.28. The van der Waals surface area contributed by atoms with Gasteiger partial charge in [0.25, 0.3) is 0 Å². The Kier molecular flexibility index (Phi) is 3.92. The molecule has 1 saturated heterocycles. The van der Waals surface area contributed by atoms with Crippen LogP contribution in [0.3, 0.4) is 0 Å². The summed E-state index contributed by atoms with van der Waals surface area (Å²) in [6.07, 6.45) is -1.40. The van der Waals surface area contributed by atoms with E-state index in [1.165, 1.54) is 6.07 Å². The number of amides is 1. The third kappa shape index (κ3) is 2.71. The average Bonchev–Trinajstić information content (AvgIpc) is 2.98. The van der Waals surface area contributed by atoms with Gasteiger partial charge in [0.2, 0.25) is 0 Å². The molecule has 1 fully saturated rings. The van der Waals surface area contributed by atoms with Gasteiger partial charge in [-0.25, -0.2) is 9.18 Å². The lowest BCUT2D eigenvalue weighted by Crippen LogP contribution is -2.40. The summed E-state index contributed by atoms with van der Waals surface area (Å²) in [5.74, 6) is -0.417. The Morgan fingerprint density at radius 2 is 1.73 bits per heavy atom. The van der Waals surface area contributed by atoms with E-state index in [4.69, 9.17) is 9.72 Å². The maximum atomic E-state index is 14.3. The zero-order chi connectivity index (χ0) is 18.1. The second-order valence-corrected chi connectivity index (χ2v) is 6.41. The zero-order valence-corrected chi connectivity index (χ0v) is 14.1. The van der Waals surface area contributed by atoms with E-state index in [-0.39, 0.29) is 0 Å². The summed E-state index contributed by atoms with van der Waals surface area (Å²) in [6, 6.07) is 21.6. The number of carbonyl (C=O) groups excluding carboxylic acids is 1. The molecule has 0 saturated carbocycles. The lowest BCUT2D eigenvalue weighted by molar-refractivity contribution is 0.109. The molecule has 1 aromatic heterocycles. The number of aromatic nitrogens is 1. The number of alkyl carbamates (subject to hydrolysis) is 1. The molecular formula is C21H17FN2O2. The van der Waals surface area contributed by atoms with E-state index in [9.17, 15) is 9.18 Å². The van der Waals surface area contributed by atoms with Crippen molar-refractivity contribution in [3.8, 4) is 11.3 Å². The Morgan fingerprint density at radius 1 is 1.00 bits per heavy atom. The van der Waals surface area contributed by atoms with Crippen molar-refractivity contribution in [2.45, 2.75) is 18.6 Å². The van der Waals surface area contributed by atoms with Crippen molar-refractivity contribution >= 4 is 6.09 Å². The molecule has 1 N–H and O–H groups in total. The zero-order valence-electron chi connectivity index (χ0n) is 14.1. The molecule has 0 spiro atoms. The molecule has 0 aliphatic carbocycles. The first-order valence-electron chi connectivity index (χ1n) is 8.34. The summed E-state index contributed by atoms with van der Waals surface area (Å²) in [5.41, 5.74) is 1.69. The van der Waals surface area contributed by atoms with Crippen LogP contribution < -0.4 is 5.32 Å². The van der Waals surface area contributed by atoms with Crippen LogP contribution >= 0.6 is 0 Å². The molecule has 0 radical (unpaired) electrons. The van der Waals surface area contributed by atoms with Crippen LogP contribution in [0.15, 0.2) is 72.8 Å². The van der Waals surface area contributed by atoms with Gasteiger partial charge in [0.15, 0.2) is 6.10 Å². The van der Waals surface area contributed by atoms with Gasteiger partial charge < -0.3 is 10.1 Å². The first kappa shape index (κ1) is 16.3. The molecule has 26 heavy (non-hydrogen) atoms. The fourth-order valence-corrected chi connectivity index (χ4v) is 3.29. The summed E-state index contributed by atoms with van der Waals surface area (Å²) < 4.78 is 19.7. The minimum Gasteiger partial charge on any atom is -0.438 e. The van der Waals surface area contributed by atoms with Gasteiger partial charge in [0.05, 0.1) is 11.4 Å². The number of ether oxygens (including phenoxy) is 1. The number of halogens is 1. The maximum Gasteiger partial charge on any atom is 0.408 e. The number of pyridine rings is 1. The van der Waals surface area contributed by atoms with Crippen molar-refractivity contribution in [1.82, 2.24) is 10.3 Å². The van der Waals surface area contributed by atoms with Gasteiger partial charge in [0.1, 0.15) is 11.4 Å². The third-order valence-corrected chi connectivity index (χ3v) is 4.65. The van der Waals surface area contributed by atoms with Gasteiger partial charge in [-0.1, -0.05) is 54.6 Å². The predicted molar refractivity (Wildman–Crippen MR) is 95.8 cm³/mol. The van der Waals surface area contributed by atoms with Crippen LogP contribution in [-0.4, -0.2) is 11.1 Å². The predicted octanol–water partition coefficient (Wildman–Crippen LogP) is 4.58. The Hall–Kier alpha value is -3.21. The second-order valence-electron chi connectivity index (χ2n) is 6.41. The number of benzene rings is 2. The molecule has 0 bridgehead atoms. The Labute approximate surface area is 150 Å². The van der Waals surface area contributed by atoms with Crippen molar-refractivity contribution in [1.29, 1.82) is 0 Å². The average molecular weight is 348 g/mol. The van der Waals surface area contributed by atoms with Crippen LogP contribution in [0.2, 0.25) is 0 Å². The third-order valence-electron chi connectivity index (χ3n) is 4.65. The Balaban J connectivity index is 1.80. The molecule has 3 aromatic rings. The minimum absolute atomic E-state index is 0.320. The summed E-state index contributed by atoms with van der Waals surface area (Å²) in [7, 11) is 0. The van der Waals surface area contributed by atoms with Crippen LogP contribution in [0.25, 0.3) is 11.3 Å². The van der Waals surface area contributed by atoms with Crippen molar-refractivity contribution in [3.63, 3.8) is 0 Å². The highest BCUT2D eigenvalue weighted by Crippen LogP contribution is 2.42. The van der Waals surface area contributed by atoms with Gasteiger partial charge >= 0.3 is 6.09 Å². The number of hydrogen-bond acceptors (Lipinski definition) is 3. The highest BCUT2D eigenvalue weighted by molar-refractivity contribution is 5.72. The molecule has 1 aliphatic heterocycles. The normalized spacial score (nSPS) is 21.9. The quantitative estimate of drug-likeness (QED) is 0.753. The molecule has 4 nitrogen and oxygen atoms in total. The Morgan fingerprint density at radius 3 is 2.50 bits per heavy atom. The SMILES string of the molecule is C[C@@]1(c2cccc(-c3ccccc3)n2)NC(=O)O[C@@H]1c1ccccc1F. The van der Waals surface area contributed by atoms with E-state index < -0.39 is 23.6 Å². The van der Waals surface area contributed by atoms with Crippen molar-refractivity contribution in [2.75, 3.05) is 0 Å². The number of carbonyl (C=O) groups is 1. The molecule has 4 rings (SSSR count). The number of rotatable bonds is 3. The number of hydrogen-bond donors (Lipinski definition) is 1. The van der Waals surface area contributed by atoms with E-state index in [0.29, 0.717) is 11.3 Å². The fraction of sp³-hybridized carbons (Fsp3) is 0.143. The monoisotopic (exact) mass is 348 g/mol. The smallest absolute Gasteiger partial charge is 0.408 e. The van der Waals surface area contributed by atoms with E-state index in [1.807, 2.05) is 48.5 Å². The van der Waals surface area contributed by atoms with Gasteiger partial charge in [-0.15, -0.1) is 0 Å². The van der Waals surface area contributed by atoms with Crippen molar-refractivity contribution in [3.05, 3.63) is 89.9 Å². The standard InChI is InChI=1S/C21H17FN2O2/c1-21(18-13-7-12-17(23-18)14-8-3-2-4-9-14)19(26-20(25)24-21)15-10-5-6-11-16(15)22/h2-13,19H,1H3,(H,24,25)/t19-,21+/m1/s1. The minimum atomic E-state index is -0.982. The van der Waals surface area contributed by atoms with Crippen molar-refractivity contribution < 1.29 is 13.9 Å². The molecule has 2 atom stereocenters. The molecule has 1 amide bonds. The van der Waals surface area contributed by atoms with Crippen LogP contribution in [0, 0.1) is 5.82 Å². The van der Waals surface area contributed by atoms with Gasteiger partial charge in [0, 0.05) is 11.1 Å². The molecule has 2 heterocycles. The molecule has 1 aliphatic rings. The summed E-state index contributed by atoms with van der Waals surface area (Å²) in [5, 5.41) is 2.81. The largest absolute Gasteiger partial charge is 0.438 e. The van der Waals surface area contributed by atoms with Crippen LogP contribution in [0.5, 0.6) is 0 Å². The van der Waals surface area contributed by atoms with Crippen LogP contribution in [0.4, 0.5) is 9.18 Å². The van der Waals surface area contributed by atoms with E-state index in [0.717, 1.165) is 11.3 Å². The van der Waals surface area contributed by atoms with Crippen LogP contribution in [0.1, 0.15) is 24.3 Å². The highest BCUT2D eigenvalue weighted by Gasteiger charge is 2.49. The summed E-state index contributed by atoms with van der Waals surface area (Å²) >= 11 is 0. The van der Waals surface area contributed by atoms with E-state index >= 15 is 0 Å². The van der Waals surface area contributed by atoms with Gasteiger partial charge in [-0.3, -0.25) is 4.98 Å². The number of nitrogens with one attached hydrogen (secondary N) is 1. The molecular weight excluding hydrogens is 331 g/mol. The number of nitrogens with zero attached hydrogens (tertiary/aromatic N) is 1. The van der Waals surface area contributed by atoms with Gasteiger partial charge in [-0.2, -0.15) is 0 Å². The van der Waals surface area contributed by atoms with E-state index in [2.05, 4.69) is 5.32 Å². The van der Waals surface area contributed by atoms with E-state index in [1.54, 1.807) is 25.1 Å².